The second kappa shape index (κ2) is 8.25. The van der Waals surface area contributed by atoms with Gasteiger partial charge in [-0.1, -0.05) is 27.7 Å². The molecular formula is C11H24ClNO. The first kappa shape index (κ1) is 16.4. The summed E-state index contributed by atoms with van der Waals surface area (Å²) in [5.74, 6) is 1.54. The van der Waals surface area contributed by atoms with E-state index in [0.29, 0.717) is 18.4 Å². The van der Waals surface area contributed by atoms with Gasteiger partial charge in [0.15, 0.2) is 0 Å². The SMILES string of the molecule is CC(=O)CN(CC(C)C)CC(C)C.Cl. The highest BCUT2D eigenvalue weighted by Gasteiger charge is 2.10. The maximum atomic E-state index is 11.0. The first-order valence-electron chi connectivity index (χ1n) is 5.13. The molecule has 0 aromatic rings. The van der Waals surface area contributed by atoms with Crippen molar-refractivity contribution in [2.75, 3.05) is 19.6 Å². The van der Waals surface area contributed by atoms with Crippen LogP contribution < -0.4 is 0 Å². The Bertz CT molecular complexity index is 147. The van der Waals surface area contributed by atoms with Gasteiger partial charge < -0.3 is 0 Å². The van der Waals surface area contributed by atoms with Crippen LogP contribution >= 0.6 is 12.4 Å². The van der Waals surface area contributed by atoms with Crippen LogP contribution in [0.15, 0.2) is 0 Å². The maximum absolute atomic E-state index is 11.0. The molecular weight excluding hydrogens is 198 g/mol. The van der Waals surface area contributed by atoms with E-state index >= 15 is 0 Å². The fourth-order valence-electron chi connectivity index (χ4n) is 1.55. The fourth-order valence-corrected chi connectivity index (χ4v) is 1.55. The van der Waals surface area contributed by atoms with Crippen molar-refractivity contribution in [2.24, 2.45) is 11.8 Å². The van der Waals surface area contributed by atoms with Crippen LogP contribution in [0, 0.1) is 11.8 Å². The number of hydrogen-bond donors (Lipinski definition) is 0. The van der Waals surface area contributed by atoms with Gasteiger partial charge in [0.25, 0.3) is 0 Å². The lowest BCUT2D eigenvalue weighted by Crippen LogP contribution is -2.35. The van der Waals surface area contributed by atoms with E-state index < -0.39 is 0 Å². The number of hydrogen-bond acceptors (Lipinski definition) is 2. The molecule has 0 aliphatic carbocycles. The summed E-state index contributed by atoms with van der Waals surface area (Å²) < 4.78 is 0. The van der Waals surface area contributed by atoms with Gasteiger partial charge in [-0.05, 0) is 18.8 Å². The van der Waals surface area contributed by atoms with Crippen LogP contribution in [-0.4, -0.2) is 30.3 Å². The number of nitrogens with zero attached hydrogens (tertiary/aromatic N) is 1. The molecule has 0 aromatic heterocycles. The van der Waals surface area contributed by atoms with Crippen molar-refractivity contribution in [1.29, 1.82) is 0 Å². The van der Waals surface area contributed by atoms with Crippen molar-refractivity contribution in [2.45, 2.75) is 34.6 Å². The van der Waals surface area contributed by atoms with Gasteiger partial charge in [0.05, 0.1) is 6.54 Å². The summed E-state index contributed by atoms with van der Waals surface area (Å²) in [6, 6.07) is 0. The minimum Gasteiger partial charge on any atom is -0.299 e. The lowest BCUT2D eigenvalue weighted by molar-refractivity contribution is -0.118. The van der Waals surface area contributed by atoms with Crippen molar-refractivity contribution < 1.29 is 4.79 Å². The Balaban J connectivity index is 0. The highest BCUT2D eigenvalue weighted by Crippen LogP contribution is 2.03. The van der Waals surface area contributed by atoms with Gasteiger partial charge in [0.1, 0.15) is 5.78 Å². The third kappa shape index (κ3) is 10.0. The topological polar surface area (TPSA) is 20.3 Å². The zero-order valence-corrected chi connectivity index (χ0v) is 10.9. The van der Waals surface area contributed by atoms with E-state index in [9.17, 15) is 4.79 Å². The third-order valence-corrected chi connectivity index (χ3v) is 1.69. The van der Waals surface area contributed by atoms with Crippen LogP contribution in [0.4, 0.5) is 0 Å². The lowest BCUT2D eigenvalue weighted by atomic mass is 10.1. The molecule has 0 N–H and O–H groups in total. The standard InChI is InChI=1S/C11H23NO.ClH/c1-9(2)6-12(7-10(3)4)8-11(5)13;/h9-10H,6-8H2,1-5H3;1H. The lowest BCUT2D eigenvalue weighted by Gasteiger charge is -2.24. The molecule has 0 spiro atoms. The van der Waals surface area contributed by atoms with E-state index in [4.69, 9.17) is 0 Å². The van der Waals surface area contributed by atoms with Gasteiger partial charge in [-0.2, -0.15) is 0 Å². The Hall–Kier alpha value is -0.0800. The molecule has 0 saturated carbocycles. The second-order valence-electron chi connectivity index (χ2n) is 4.68. The van der Waals surface area contributed by atoms with Crippen molar-refractivity contribution in [3.05, 3.63) is 0 Å². The summed E-state index contributed by atoms with van der Waals surface area (Å²) in [4.78, 5) is 13.2. The Morgan fingerprint density at radius 2 is 1.43 bits per heavy atom. The number of rotatable bonds is 6. The second-order valence-corrected chi connectivity index (χ2v) is 4.68. The van der Waals surface area contributed by atoms with Gasteiger partial charge >= 0.3 is 0 Å². The first-order chi connectivity index (χ1) is 5.91. The van der Waals surface area contributed by atoms with Crippen LogP contribution in [0.3, 0.4) is 0 Å². The average molecular weight is 222 g/mol. The van der Waals surface area contributed by atoms with E-state index in [1.165, 1.54) is 0 Å². The molecule has 0 bridgehead atoms. The summed E-state index contributed by atoms with van der Waals surface area (Å²) in [7, 11) is 0. The molecule has 0 saturated heterocycles. The van der Waals surface area contributed by atoms with Crippen molar-refractivity contribution in [1.82, 2.24) is 4.90 Å². The van der Waals surface area contributed by atoms with Crippen molar-refractivity contribution in [3.8, 4) is 0 Å². The molecule has 3 heteroatoms. The molecule has 0 amide bonds. The molecule has 0 atom stereocenters. The number of halogens is 1. The summed E-state index contributed by atoms with van der Waals surface area (Å²) in [6.07, 6.45) is 0. The quantitative estimate of drug-likeness (QED) is 0.687. The number of ketones is 1. The van der Waals surface area contributed by atoms with Crippen molar-refractivity contribution >= 4 is 18.2 Å². The number of Topliss-reactive ketones (excluding diaryl/α,β-unsaturated/α-hetero) is 1. The van der Waals surface area contributed by atoms with Gasteiger partial charge in [0.2, 0.25) is 0 Å². The Morgan fingerprint density at radius 1 is 1.07 bits per heavy atom. The monoisotopic (exact) mass is 221 g/mol. The maximum Gasteiger partial charge on any atom is 0.143 e. The Labute approximate surface area is 94.5 Å². The number of carbonyl (C=O) groups is 1. The summed E-state index contributed by atoms with van der Waals surface area (Å²) >= 11 is 0. The van der Waals surface area contributed by atoms with Crippen LogP contribution in [0.25, 0.3) is 0 Å². The Kier molecular flexibility index (Phi) is 9.63. The fraction of sp³-hybridized carbons (Fsp3) is 0.909. The molecule has 86 valence electrons. The van der Waals surface area contributed by atoms with Crippen LogP contribution in [0.2, 0.25) is 0 Å². The van der Waals surface area contributed by atoms with Crippen LogP contribution in [0.1, 0.15) is 34.6 Å². The molecule has 0 fully saturated rings. The number of carbonyl (C=O) groups excluding carboxylic acids is 1. The molecule has 0 radical (unpaired) electrons. The molecule has 14 heavy (non-hydrogen) atoms. The molecule has 0 rings (SSSR count). The molecule has 0 aromatic carbocycles. The highest BCUT2D eigenvalue weighted by molar-refractivity contribution is 5.85. The zero-order chi connectivity index (χ0) is 10.4. The van der Waals surface area contributed by atoms with Gasteiger partial charge in [-0.25, -0.2) is 0 Å². The predicted molar refractivity (Wildman–Crippen MR) is 64.0 cm³/mol. The molecule has 0 aliphatic rings. The zero-order valence-electron chi connectivity index (χ0n) is 10.0. The van der Waals surface area contributed by atoms with Gasteiger partial charge in [0, 0.05) is 13.1 Å². The average Bonchev–Trinajstić information content (AvgIpc) is 1.80. The van der Waals surface area contributed by atoms with Crippen LogP contribution in [0.5, 0.6) is 0 Å². The van der Waals surface area contributed by atoms with E-state index in [-0.39, 0.29) is 18.2 Å². The van der Waals surface area contributed by atoms with E-state index in [1.807, 2.05) is 0 Å². The molecule has 0 unspecified atom stereocenters. The van der Waals surface area contributed by atoms with Crippen molar-refractivity contribution in [3.63, 3.8) is 0 Å². The smallest absolute Gasteiger partial charge is 0.143 e. The first-order valence-corrected chi connectivity index (χ1v) is 5.13. The van der Waals surface area contributed by atoms with E-state index in [2.05, 4.69) is 32.6 Å². The summed E-state index contributed by atoms with van der Waals surface area (Å²) in [5.41, 5.74) is 0. The molecule has 0 heterocycles. The van der Waals surface area contributed by atoms with Crippen LogP contribution in [-0.2, 0) is 4.79 Å². The third-order valence-electron chi connectivity index (χ3n) is 1.69. The molecule has 0 aliphatic heterocycles. The van der Waals surface area contributed by atoms with Gasteiger partial charge in [-0.15, -0.1) is 12.4 Å². The van der Waals surface area contributed by atoms with E-state index in [0.717, 1.165) is 13.1 Å². The van der Waals surface area contributed by atoms with E-state index in [1.54, 1.807) is 6.92 Å². The van der Waals surface area contributed by atoms with Gasteiger partial charge in [-0.3, -0.25) is 9.69 Å². The minimum atomic E-state index is 0. The highest BCUT2D eigenvalue weighted by atomic mass is 35.5. The largest absolute Gasteiger partial charge is 0.299 e. The molecule has 2 nitrogen and oxygen atoms in total. The normalized spacial score (nSPS) is 10.9. The predicted octanol–water partition coefficient (Wildman–Crippen LogP) is 2.61. The minimum absolute atomic E-state index is 0. The summed E-state index contributed by atoms with van der Waals surface area (Å²) in [5, 5.41) is 0. The Morgan fingerprint density at radius 3 is 1.64 bits per heavy atom. The summed E-state index contributed by atoms with van der Waals surface area (Å²) in [6.45, 7) is 13.1.